The highest BCUT2D eigenvalue weighted by molar-refractivity contribution is 8.23. The Morgan fingerprint density at radius 3 is 1.64 bits per heavy atom. The minimum atomic E-state index is 0.806. The van der Waals surface area contributed by atoms with Crippen LogP contribution in [0.5, 0.6) is 0 Å². The van der Waals surface area contributed by atoms with Crippen molar-refractivity contribution in [3.63, 3.8) is 0 Å². The summed E-state index contributed by atoms with van der Waals surface area (Å²) in [5.74, 6) is 6.99. The lowest BCUT2D eigenvalue weighted by Crippen LogP contribution is -2.17. The predicted molar refractivity (Wildman–Crippen MR) is 85.1 cm³/mol. The molecule has 0 amide bonds. The Morgan fingerprint density at radius 1 is 0.929 bits per heavy atom. The van der Waals surface area contributed by atoms with E-state index in [-0.39, 0.29) is 0 Å². The highest BCUT2D eigenvalue weighted by Gasteiger charge is 2.21. The van der Waals surface area contributed by atoms with E-state index in [1.54, 1.807) is 0 Å². The van der Waals surface area contributed by atoms with Crippen LogP contribution in [0.2, 0.25) is 0 Å². The minimum Gasteiger partial charge on any atom is -0.179 e. The lowest BCUT2D eigenvalue weighted by molar-refractivity contribution is 1.31. The molecule has 1 aliphatic heterocycles. The minimum absolute atomic E-state index is 0.806. The molecular formula is C8H16S6. The molecule has 0 saturated carbocycles. The molecule has 0 aliphatic carbocycles. The fourth-order valence-corrected chi connectivity index (χ4v) is 7.44. The maximum Gasteiger partial charge on any atom is 0.0594 e. The fourth-order valence-electron chi connectivity index (χ4n) is 1.03. The van der Waals surface area contributed by atoms with E-state index in [9.17, 15) is 0 Å². The third-order valence-electron chi connectivity index (χ3n) is 1.63. The van der Waals surface area contributed by atoms with E-state index < -0.39 is 0 Å². The Hall–Kier alpha value is 2.10. The molecular weight excluding hydrogens is 288 g/mol. The summed E-state index contributed by atoms with van der Waals surface area (Å²) >= 11 is 16.8. The summed E-state index contributed by atoms with van der Waals surface area (Å²) in [4.78, 5) is 0. The van der Waals surface area contributed by atoms with Gasteiger partial charge in [-0.3, -0.25) is 0 Å². The highest BCUT2D eigenvalue weighted by Crippen LogP contribution is 2.40. The lowest BCUT2D eigenvalue weighted by Gasteiger charge is -2.26. The monoisotopic (exact) mass is 304 g/mol. The summed E-state index contributed by atoms with van der Waals surface area (Å²) in [5.41, 5.74) is 0. The standard InChI is InChI=1S/C8H16S6/c9-1-3-11-7-5-14-8(6-13-7)12-4-2-10/h7-10H,1-6H2. The topological polar surface area (TPSA) is 0 Å². The normalized spacial score (nSPS) is 27.9. The summed E-state index contributed by atoms with van der Waals surface area (Å²) in [6.45, 7) is 0. The fraction of sp³-hybridized carbons (Fsp3) is 1.00. The van der Waals surface area contributed by atoms with Crippen LogP contribution in [-0.2, 0) is 0 Å². The summed E-state index contributed by atoms with van der Waals surface area (Å²) in [7, 11) is 0. The average Bonchev–Trinajstić information content (AvgIpc) is 2.25. The Labute approximate surface area is 115 Å². The van der Waals surface area contributed by atoms with Gasteiger partial charge in [-0.05, 0) is 11.5 Å². The van der Waals surface area contributed by atoms with E-state index in [0.29, 0.717) is 0 Å². The van der Waals surface area contributed by atoms with Gasteiger partial charge in [0.15, 0.2) is 0 Å². The van der Waals surface area contributed by atoms with Gasteiger partial charge in [0.1, 0.15) is 0 Å². The Bertz CT molecular complexity index is 118. The van der Waals surface area contributed by atoms with Crippen LogP contribution in [0.4, 0.5) is 0 Å². The van der Waals surface area contributed by atoms with Gasteiger partial charge in [0.25, 0.3) is 0 Å². The first-order valence-electron chi connectivity index (χ1n) is 4.55. The van der Waals surface area contributed by atoms with Gasteiger partial charge in [-0.15, -0.1) is 47.0 Å². The largest absolute Gasteiger partial charge is 0.179 e. The van der Waals surface area contributed by atoms with E-state index in [1.165, 1.54) is 23.0 Å². The predicted octanol–water partition coefficient (Wildman–Crippen LogP) is 3.44. The zero-order valence-corrected chi connectivity index (χ0v) is 13.0. The zero-order chi connectivity index (χ0) is 10.2. The number of hydrogen-bond donors (Lipinski definition) is 2. The molecule has 0 aromatic rings. The highest BCUT2D eigenvalue weighted by atomic mass is 32.2. The molecule has 14 heavy (non-hydrogen) atoms. The molecule has 84 valence electrons. The van der Waals surface area contributed by atoms with E-state index in [4.69, 9.17) is 0 Å². The molecule has 1 rings (SSSR count). The summed E-state index contributed by atoms with van der Waals surface area (Å²) < 4.78 is 1.61. The zero-order valence-electron chi connectivity index (χ0n) is 7.92. The van der Waals surface area contributed by atoms with Crippen molar-refractivity contribution in [2.75, 3.05) is 34.5 Å². The maximum atomic E-state index is 4.23. The average molecular weight is 305 g/mol. The van der Waals surface area contributed by atoms with Crippen LogP contribution in [0.15, 0.2) is 0 Å². The Morgan fingerprint density at radius 2 is 1.36 bits per heavy atom. The van der Waals surface area contributed by atoms with Crippen LogP contribution < -0.4 is 0 Å². The molecule has 0 aromatic carbocycles. The molecule has 0 aromatic heterocycles. The number of rotatable bonds is 6. The van der Waals surface area contributed by atoms with Gasteiger partial charge < -0.3 is 0 Å². The SMILES string of the molecule is SCCSC1CSC(SCCS)CS1. The molecule has 0 N–H and O–H groups in total. The van der Waals surface area contributed by atoms with Crippen LogP contribution in [0.3, 0.4) is 0 Å². The quantitative estimate of drug-likeness (QED) is 0.721. The molecule has 1 aliphatic rings. The van der Waals surface area contributed by atoms with Crippen LogP contribution in [0.25, 0.3) is 0 Å². The number of thiol groups is 2. The molecule has 6 heteroatoms. The van der Waals surface area contributed by atoms with Gasteiger partial charge in [-0.25, -0.2) is 0 Å². The Balaban J connectivity index is 2.05. The van der Waals surface area contributed by atoms with Gasteiger partial charge >= 0.3 is 0 Å². The van der Waals surface area contributed by atoms with Gasteiger partial charge in [0.2, 0.25) is 0 Å². The molecule has 0 nitrogen and oxygen atoms in total. The van der Waals surface area contributed by atoms with Crippen molar-refractivity contribution < 1.29 is 0 Å². The van der Waals surface area contributed by atoms with Crippen molar-refractivity contribution in [1.82, 2.24) is 0 Å². The third kappa shape index (κ3) is 5.99. The van der Waals surface area contributed by atoms with Crippen molar-refractivity contribution in [2.45, 2.75) is 9.16 Å². The summed E-state index contributed by atoms with van der Waals surface area (Å²) in [6.07, 6.45) is 0. The van der Waals surface area contributed by atoms with Gasteiger partial charge in [-0.2, -0.15) is 25.3 Å². The molecule has 0 spiro atoms. The van der Waals surface area contributed by atoms with Crippen molar-refractivity contribution >= 4 is 72.3 Å². The summed E-state index contributed by atoms with van der Waals surface area (Å²) in [6, 6.07) is 0. The first-order valence-corrected chi connectivity index (χ1v) is 10.0. The van der Waals surface area contributed by atoms with E-state index in [1.807, 2.05) is 0 Å². The second-order valence-electron chi connectivity index (χ2n) is 2.71. The van der Waals surface area contributed by atoms with Crippen molar-refractivity contribution in [2.24, 2.45) is 0 Å². The molecule has 2 unspecified atom stereocenters. The molecule has 2 atom stereocenters. The van der Waals surface area contributed by atoms with E-state index in [0.717, 1.165) is 20.7 Å². The van der Waals surface area contributed by atoms with Crippen molar-refractivity contribution in [3.8, 4) is 0 Å². The molecule has 1 fully saturated rings. The van der Waals surface area contributed by atoms with E-state index >= 15 is 0 Å². The first-order chi connectivity index (χ1) is 6.86. The Kier molecular flexibility index (Phi) is 9.27. The second kappa shape index (κ2) is 9.16. The van der Waals surface area contributed by atoms with Crippen LogP contribution in [-0.4, -0.2) is 43.7 Å². The van der Waals surface area contributed by atoms with Crippen LogP contribution in [0, 0.1) is 0 Å². The van der Waals surface area contributed by atoms with Crippen LogP contribution in [0.1, 0.15) is 0 Å². The van der Waals surface area contributed by atoms with Crippen molar-refractivity contribution in [1.29, 1.82) is 0 Å². The third-order valence-corrected chi connectivity index (χ3v) is 9.24. The maximum absolute atomic E-state index is 4.23. The van der Waals surface area contributed by atoms with Crippen molar-refractivity contribution in [3.05, 3.63) is 0 Å². The number of thioether (sulfide) groups is 4. The van der Waals surface area contributed by atoms with Gasteiger partial charge in [-0.1, -0.05) is 0 Å². The first kappa shape index (κ1) is 14.2. The van der Waals surface area contributed by atoms with Gasteiger partial charge in [0, 0.05) is 23.0 Å². The van der Waals surface area contributed by atoms with E-state index in [2.05, 4.69) is 72.3 Å². The smallest absolute Gasteiger partial charge is 0.0594 e. The number of hydrogen-bond acceptors (Lipinski definition) is 6. The van der Waals surface area contributed by atoms with Crippen LogP contribution >= 0.6 is 72.3 Å². The van der Waals surface area contributed by atoms with Gasteiger partial charge in [0.05, 0.1) is 9.16 Å². The molecule has 0 bridgehead atoms. The molecule has 1 saturated heterocycles. The molecule has 1 heterocycles. The lowest BCUT2D eigenvalue weighted by atomic mass is 10.9. The molecule has 0 radical (unpaired) electrons. The second-order valence-corrected chi connectivity index (χ2v) is 9.30. The summed E-state index contributed by atoms with van der Waals surface area (Å²) in [5, 5.41) is 0.